The minimum atomic E-state index is -4.53. The number of carbonyl (C=O) groups excluding carboxylic acids is 1. The van der Waals surface area contributed by atoms with E-state index in [4.69, 9.17) is 23.6 Å². The van der Waals surface area contributed by atoms with Crippen molar-refractivity contribution in [1.29, 1.82) is 0 Å². The molecule has 0 rings (SSSR count). The molecule has 0 aliphatic heterocycles. The van der Waals surface area contributed by atoms with E-state index < -0.39 is 39.2 Å². The molecule has 0 bridgehead atoms. The summed E-state index contributed by atoms with van der Waals surface area (Å²) >= 11 is 0. The second kappa shape index (κ2) is 46.4. The van der Waals surface area contributed by atoms with Gasteiger partial charge in [0.1, 0.15) is 12.2 Å². The highest BCUT2D eigenvalue weighted by atomic mass is 31.2. The Morgan fingerprint density at radius 2 is 0.950 bits per heavy atom. The molecule has 10 heteroatoms. The molecule has 3 unspecified atom stereocenters. The lowest BCUT2D eigenvalue weighted by atomic mass is 10.1. The molecule has 0 aliphatic rings. The summed E-state index contributed by atoms with van der Waals surface area (Å²) in [5, 5.41) is 18.4. The van der Waals surface area contributed by atoms with Crippen LogP contribution in [-0.4, -0.2) is 66.3 Å². The third-order valence-electron chi connectivity index (χ3n) is 9.88. The maximum absolute atomic E-state index is 12.7. The van der Waals surface area contributed by atoms with E-state index in [-0.39, 0.29) is 19.6 Å². The number of hydrogen-bond donors (Lipinski definition) is 3. The van der Waals surface area contributed by atoms with E-state index >= 15 is 0 Å². The highest BCUT2D eigenvalue weighted by Crippen LogP contribution is 2.43. The number of aliphatic hydroxyl groups is 2. The van der Waals surface area contributed by atoms with Gasteiger partial charge in [0, 0.05) is 13.0 Å². The fourth-order valence-electron chi connectivity index (χ4n) is 6.26. The van der Waals surface area contributed by atoms with Crippen LogP contribution in [0, 0.1) is 0 Å². The Morgan fingerprint density at radius 3 is 1.45 bits per heavy atom. The molecule has 0 saturated heterocycles. The minimum Gasteiger partial charge on any atom is -0.457 e. The molecule has 0 aliphatic carbocycles. The molecular formula is C50H89O9P. The first-order chi connectivity index (χ1) is 29.3. The van der Waals surface area contributed by atoms with Crippen molar-refractivity contribution in [3.05, 3.63) is 72.9 Å². The van der Waals surface area contributed by atoms with Crippen LogP contribution >= 0.6 is 7.82 Å². The number of carbonyl (C=O) groups is 1. The van der Waals surface area contributed by atoms with Crippen LogP contribution in [0.5, 0.6) is 0 Å². The molecule has 0 aromatic rings. The number of phosphoric ester groups is 1. The first kappa shape index (κ1) is 57.9. The summed E-state index contributed by atoms with van der Waals surface area (Å²) < 4.78 is 33.4. The van der Waals surface area contributed by atoms with E-state index in [2.05, 4.69) is 86.8 Å². The van der Waals surface area contributed by atoms with Crippen molar-refractivity contribution in [2.45, 2.75) is 206 Å². The van der Waals surface area contributed by atoms with Crippen molar-refractivity contribution in [3.63, 3.8) is 0 Å². The van der Waals surface area contributed by atoms with Crippen LogP contribution in [0.15, 0.2) is 72.9 Å². The number of esters is 1. The SMILES string of the molecule is CC/C=C\C/C=C\C/C=C\C/C=C\C/C=C\CCCCCCCCOCC(COP(=O)(O)OCC(O)CO)OC(=O)CCCCCCCCC/C=C\CCCCCCCC. The summed E-state index contributed by atoms with van der Waals surface area (Å²) in [7, 11) is -4.53. The van der Waals surface area contributed by atoms with Gasteiger partial charge in [0.25, 0.3) is 0 Å². The van der Waals surface area contributed by atoms with Gasteiger partial charge < -0.3 is 24.6 Å². The predicted octanol–water partition coefficient (Wildman–Crippen LogP) is 13.7. The fourth-order valence-corrected chi connectivity index (χ4v) is 7.05. The predicted molar refractivity (Wildman–Crippen MR) is 251 cm³/mol. The zero-order chi connectivity index (χ0) is 43.9. The van der Waals surface area contributed by atoms with Gasteiger partial charge in [0.05, 0.1) is 26.4 Å². The topological polar surface area (TPSA) is 132 Å². The second-order valence-electron chi connectivity index (χ2n) is 15.7. The van der Waals surface area contributed by atoms with Crippen LogP contribution in [0.2, 0.25) is 0 Å². The molecule has 60 heavy (non-hydrogen) atoms. The number of rotatable bonds is 45. The lowest BCUT2D eigenvalue weighted by Crippen LogP contribution is -2.29. The smallest absolute Gasteiger partial charge is 0.457 e. The molecule has 0 aromatic heterocycles. The third-order valence-corrected chi connectivity index (χ3v) is 10.8. The molecule has 0 radical (unpaired) electrons. The van der Waals surface area contributed by atoms with E-state index in [1.165, 1.54) is 83.5 Å². The van der Waals surface area contributed by atoms with Gasteiger partial charge in [-0.3, -0.25) is 13.8 Å². The lowest BCUT2D eigenvalue weighted by molar-refractivity contribution is -0.154. The van der Waals surface area contributed by atoms with Crippen LogP contribution < -0.4 is 0 Å². The highest BCUT2D eigenvalue weighted by Gasteiger charge is 2.26. The zero-order valence-electron chi connectivity index (χ0n) is 38.2. The first-order valence-electron chi connectivity index (χ1n) is 23.9. The molecule has 0 saturated carbocycles. The molecule has 3 atom stereocenters. The van der Waals surface area contributed by atoms with Crippen molar-refractivity contribution in [2.75, 3.05) is 33.0 Å². The second-order valence-corrected chi connectivity index (χ2v) is 17.2. The molecular weight excluding hydrogens is 776 g/mol. The van der Waals surface area contributed by atoms with Crippen LogP contribution in [0.3, 0.4) is 0 Å². The summed E-state index contributed by atoms with van der Waals surface area (Å²) in [4.78, 5) is 22.6. The first-order valence-corrected chi connectivity index (χ1v) is 25.4. The van der Waals surface area contributed by atoms with Crippen molar-refractivity contribution < 1.29 is 43.0 Å². The number of unbranched alkanes of at least 4 members (excludes halogenated alkanes) is 19. The van der Waals surface area contributed by atoms with E-state index in [9.17, 15) is 19.4 Å². The summed E-state index contributed by atoms with van der Waals surface area (Å²) in [6, 6.07) is 0. The molecule has 348 valence electrons. The van der Waals surface area contributed by atoms with E-state index in [1.807, 2.05) is 0 Å². The summed E-state index contributed by atoms with van der Waals surface area (Å²) in [5.74, 6) is -0.395. The molecule has 9 nitrogen and oxygen atoms in total. The quantitative estimate of drug-likeness (QED) is 0.0237. The Morgan fingerprint density at radius 1 is 0.533 bits per heavy atom. The Labute approximate surface area is 367 Å². The summed E-state index contributed by atoms with van der Waals surface area (Å²) in [6.07, 6.45) is 55.7. The van der Waals surface area contributed by atoms with Gasteiger partial charge in [-0.05, 0) is 83.5 Å². The van der Waals surface area contributed by atoms with Gasteiger partial charge in [-0.1, -0.05) is 177 Å². The van der Waals surface area contributed by atoms with Gasteiger partial charge >= 0.3 is 13.8 Å². The Bertz CT molecular complexity index is 1160. The zero-order valence-corrected chi connectivity index (χ0v) is 39.1. The van der Waals surface area contributed by atoms with E-state index in [0.717, 1.165) is 89.9 Å². The van der Waals surface area contributed by atoms with Crippen molar-refractivity contribution in [1.82, 2.24) is 0 Å². The fraction of sp³-hybridized carbons (Fsp3) is 0.740. The van der Waals surface area contributed by atoms with Gasteiger partial charge in [-0.2, -0.15) is 0 Å². The molecule has 0 aromatic carbocycles. The van der Waals surface area contributed by atoms with E-state index in [1.54, 1.807) is 0 Å². The van der Waals surface area contributed by atoms with Crippen LogP contribution in [0.1, 0.15) is 194 Å². The monoisotopic (exact) mass is 865 g/mol. The lowest BCUT2D eigenvalue weighted by Gasteiger charge is -2.20. The Balaban J connectivity index is 4.17. The number of phosphoric acid groups is 1. The Kier molecular flexibility index (Phi) is 44.8. The normalized spacial score (nSPS) is 14.6. The number of hydrogen-bond acceptors (Lipinski definition) is 8. The average Bonchev–Trinajstić information content (AvgIpc) is 3.24. The molecule has 0 heterocycles. The van der Waals surface area contributed by atoms with Gasteiger partial charge in [0.2, 0.25) is 0 Å². The highest BCUT2D eigenvalue weighted by molar-refractivity contribution is 7.47. The van der Waals surface area contributed by atoms with Crippen LogP contribution in [0.4, 0.5) is 0 Å². The summed E-state index contributed by atoms with van der Waals surface area (Å²) in [6.45, 7) is 3.36. The maximum atomic E-state index is 12.7. The van der Waals surface area contributed by atoms with Gasteiger partial charge in [-0.15, -0.1) is 0 Å². The van der Waals surface area contributed by atoms with Crippen molar-refractivity contribution in [3.8, 4) is 0 Å². The van der Waals surface area contributed by atoms with Crippen LogP contribution in [-0.2, 0) is 27.9 Å². The maximum Gasteiger partial charge on any atom is 0.472 e. The molecule has 3 N–H and O–H groups in total. The number of allylic oxidation sites excluding steroid dienone is 12. The van der Waals surface area contributed by atoms with Crippen LogP contribution in [0.25, 0.3) is 0 Å². The van der Waals surface area contributed by atoms with Crippen molar-refractivity contribution in [2.24, 2.45) is 0 Å². The standard InChI is InChI=1S/C50H89O9P/c1-3-5-7-9-11-13-15-17-19-21-22-23-24-25-27-29-31-33-35-37-39-41-43-56-46-49(47-58-60(54,55)57-45-48(52)44-51)59-50(53)42-40-38-36-34-32-30-28-26-20-18-16-14-12-10-8-6-4-2/h5,7,11,13,17-20,22-23,25,27,48-49,51-52H,3-4,6,8-10,12,14-16,21,24,26,28-47H2,1-2H3,(H,54,55)/b7-5-,13-11-,19-17-,20-18-,23-22-,27-25-. The molecule has 0 fully saturated rings. The van der Waals surface area contributed by atoms with Gasteiger partial charge in [0.15, 0.2) is 0 Å². The minimum absolute atomic E-state index is 0.0342. The van der Waals surface area contributed by atoms with Gasteiger partial charge in [-0.25, -0.2) is 4.57 Å². The third kappa shape index (κ3) is 45.4. The van der Waals surface area contributed by atoms with E-state index in [0.29, 0.717) is 6.61 Å². The molecule has 0 spiro atoms. The number of aliphatic hydroxyl groups excluding tert-OH is 2. The summed E-state index contributed by atoms with van der Waals surface area (Å²) in [5.41, 5.74) is 0. The average molecular weight is 865 g/mol. The number of ether oxygens (including phenoxy) is 2. The van der Waals surface area contributed by atoms with Crippen molar-refractivity contribution >= 4 is 13.8 Å². The molecule has 0 amide bonds. The Hall–Kier alpha value is -2.10. The largest absolute Gasteiger partial charge is 0.472 e.